The molecule has 1 aromatic heterocycles. The lowest BCUT2D eigenvalue weighted by Crippen LogP contribution is -2.38. The van der Waals surface area contributed by atoms with E-state index in [2.05, 4.69) is 15.2 Å². The average Bonchev–Trinajstić information content (AvgIpc) is 2.85. The molecule has 0 bridgehead atoms. The number of rotatable bonds is 3. The summed E-state index contributed by atoms with van der Waals surface area (Å²) in [4.78, 5) is 18.0. The van der Waals surface area contributed by atoms with Gasteiger partial charge in [-0.15, -0.1) is 0 Å². The Morgan fingerprint density at radius 2 is 2.33 bits per heavy atom. The Hall–Kier alpha value is -2.11. The summed E-state index contributed by atoms with van der Waals surface area (Å²) in [5.41, 5.74) is 7.78. The Balaban J connectivity index is 2.46. The number of aromatic amines is 1. The van der Waals surface area contributed by atoms with E-state index in [1.54, 1.807) is 12.4 Å². The molecule has 2 rings (SSSR count). The van der Waals surface area contributed by atoms with Crippen LogP contribution in [-0.2, 0) is 4.79 Å². The highest BCUT2D eigenvalue weighted by molar-refractivity contribution is 6.03. The summed E-state index contributed by atoms with van der Waals surface area (Å²) in [5, 5.41) is 6.69. The molecule has 1 aliphatic heterocycles. The predicted molar refractivity (Wildman–Crippen MR) is 68.9 cm³/mol. The molecule has 0 fully saturated rings. The SMILES string of the molecule is CCC1N=C(c2cn[nH]c2)N(C)C(C)=C1C(N)=O. The van der Waals surface area contributed by atoms with Gasteiger partial charge in [0.2, 0.25) is 5.91 Å². The third-order valence-corrected chi connectivity index (χ3v) is 3.23. The van der Waals surface area contributed by atoms with E-state index in [0.29, 0.717) is 5.57 Å². The molecule has 3 N–H and O–H groups in total. The van der Waals surface area contributed by atoms with E-state index in [1.807, 2.05) is 25.8 Å². The molecule has 1 aliphatic rings. The van der Waals surface area contributed by atoms with Crippen LogP contribution in [0.3, 0.4) is 0 Å². The molecule has 1 unspecified atom stereocenters. The summed E-state index contributed by atoms with van der Waals surface area (Å²) < 4.78 is 0. The number of allylic oxidation sites excluding steroid dienone is 1. The van der Waals surface area contributed by atoms with Crippen molar-refractivity contribution in [1.82, 2.24) is 15.1 Å². The minimum absolute atomic E-state index is 0.177. The highest BCUT2D eigenvalue weighted by atomic mass is 16.1. The monoisotopic (exact) mass is 247 g/mol. The zero-order valence-corrected chi connectivity index (χ0v) is 10.8. The quantitative estimate of drug-likeness (QED) is 0.821. The van der Waals surface area contributed by atoms with Crippen LogP contribution < -0.4 is 5.73 Å². The molecule has 6 nitrogen and oxygen atoms in total. The minimum atomic E-state index is -0.402. The Bertz CT molecular complexity index is 515. The maximum absolute atomic E-state index is 11.5. The van der Waals surface area contributed by atoms with Gasteiger partial charge in [0.15, 0.2) is 0 Å². The van der Waals surface area contributed by atoms with Crippen molar-refractivity contribution in [2.45, 2.75) is 26.3 Å². The molecule has 1 atom stereocenters. The molecule has 6 heteroatoms. The zero-order chi connectivity index (χ0) is 13.3. The van der Waals surface area contributed by atoms with Crippen LogP contribution in [-0.4, -0.2) is 39.9 Å². The van der Waals surface area contributed by atoms with E-state index in [9.17, 15) is 4.79 Å². The van der Waals surface area contributed by atoms with Gasteiger partial charge in [0.1, 0.15) is 5.84 Å². The van der Waals surface area contributed by atoms with Crippen LogP contribution in [0.25, 0.3) is 0 Å². The number of hydrogen-bond acceptors (Lipinski definition) is 4. The van der Waals surface area contributed by atoms with Crippen LogP contribution in [0.5, 0.6) is 0 Å². The molecule has 0 saturated heterocycles. The molecule has 1 aromatic rings. The molecule has 0 aliphatic carbocycles. The fourth-order valence-corrected chi connectivity index (χ4v) is 2.16. The molecule has 96 valence electrons. The Morgan fingerprint density at radius 1 is 1.61 bits per heavy atom. The van der Waals surface area contributed by atoms with Gasteiger partial charge in [0.25, 0.3) is 0 Å². The summed E-state index contributed by atoms with van der Waals surface area (Å²) in [6.07, 6.45) is 4.24. The molecule has 0 spiro atoms. The van der Waals surface area contributed by atoms with Crippen LogP contribution in [0.2, 0.25) is 0 Å². The minimum Gasteiger partial charge on any atom is -0.366 e. The third-order valence-electron chi connectivity index (χ3n) is 3.23. The second-order valence-corrected chi connectivity index (χ2v) is 4.29. The largest absolute Gasteiger partial charge is 0.366 e. The third kappa shape index (κ3) is 1.90. The van der Waals surface area contributed by atoms with Gasteiger partial charge in [0, 0.05) is 18.9 Å². The van der Waals surface area contributed by atoms with E-state index >= 15 is 0 Å². The second kappa shape index (κ2) is 4.64. The van der Waals surface area contributed by atoms with Crippen molar-refractivity contribution in [3.05, 3.63) is 29.2 Å². The van der Waals surface area contributed by atoms with Crippen molar-refractivity contribution in [3.63, 3.8) is 0 Å². The summed E-state index contributed by atoms with van der Waals surface area (Å²) in [5.74, 6) is 0.402. The van der Waals surface area contributed by atoms with Gasteiger partial charge in [-0.1, -0.05) is 6.92 Å². The maximum Gasteiger partial charge on any atom is 0.248 e. The van der Waals surface area contributed by atoms with Gasteiger partial charge in [-0.05, 0) is 13.3 Å². The highest BCUT2D eigenvalue weighted by Gasteiger charge is 2.28. The molecule has 0 saturated carbocycles. The number of nitrogens with two attached hydrogens (primary N) is 1. The van der Waals surface area contributed by atoms with Crippen molar-refractivity contribution >= 4 is 11.7 Å². The maximum atomic E-state index is 11.5. The second-order valence-electron chi connectivity index (χ2n) is 4.29. The van der Waals surface area contributed by atoms with E-state index in [0.717, 1.165) is 23.5 Å². The van der Waals surface area contributed by atoms with Crippen LogP contribution in [0.4, 0.5) is 0 Å². The summed E-state index contributed by atoms with van der Waals surface area (Å²) in [7, 11) is 1.87. The zero-order valence-electron chi connectivity index (χ0n) is 10.8. The molecule has 18 heavy (non-hydrogen) atoms. The average molecular weight is 247 g/mol. The Morgan fingerprint density at radius 3 is 2.83 bits per heavy atom. The lowest BCUT2D eigenvalue weighted by Gasteiger charge is -2.31. The predicted octanol–water partition coefficient (Wildman–Crippen LogP) is 0.640. The van der Waals surface area contributed by atoms with Crippen molar-refractivity contribution in [3.8, 4) is 0 Å². The normalized spacial score (nSPS) is 20.1. The number of carbonyl (C=O) groups excluding carboxylic acids is 1. The summed E-state index contributed by atoms with van der Waals surface area (Å²) in [6.45, 7) is 3.88. The first-order chi connectivity index (χ1) is 8.56. The van der Waals surface area contributed by atoms with Gasteiger partial charge in [-0.2, -0.15) is 5.10 Å². The smallest absolute Gasteiger partial charge is 0.248 e. The van der Waals surface area contributed by atoms with E-state index in [1.165, 1.54) is 0 Å². The van der Waals surface area contributed by atoms with Gasteiger partial charge in [-0.3, -0.25) is 14.9 Å². The number of nitrogens with zero attached hydrogens (tertiary/aromatic N) is 3. The van der Waals surface area contributed by atoms with Crippen molar-refractivity contribution in [2.75, 3.05) is 7.05 Å². The van der Waals surface area contributed by atoms with Crippen LogP contribution in [0.1, 0.15) is 25.8 Å². The summed E-state index contributed by atoms with van der Waals surface area (Å²) in [6, 6.07) is -0.177. The molecular formula is C12H17N5O. The lowest BCUT2D eigenvalue weighted by molar-refractivity contribution is -0.115. The highest BCUT2D eigenvalue weighted by Crippen LogP contribution is 2.25. The fourth-order valence-electron chi connectivity index (χ4n) is 2.16. The van der Waals surface area contributed by atoms with E-state index in [4.69, 9.17) is 5.73 Å². The summed E-state index contributed by atoms with van der Waals surface area (Å²) >= 11 is 0. The number of hydrogen-bond donors (Lipinski definition) is 2. The number of H-pyrrole nitrogens is 1. The fraction of sp³-hybridized carbons (Fsp3) is 0.417. The van der Waals surface area contributed by atoms with E-state index < -0.39 is 5.91 Å². The number of amides is 1. The van der Waals surface area contributed by atoms with Gasteiger partial charge < -0.3 is 10.6 Å². The van der Waals surface area contributed by atoms with Crippen LogP contribution in [0.15, 0.2) is 28.7 Å². The number of carbonyl (C=O) groups is 1. The van der Waals surface area contributed by atoms with Gasteiger partial charge in [-0.25, -0.2) is 0 Å². The number of primary amides is 1. The molecule has 0 radical (unpaired) electrons. The Labute approximate surface area is 106 Å². The van der Waals surface area contributed by atoms with Crippen molar-refractivity contribution in [2.24, 2.45) is 10.7 Å². The topological polar surface area (TPSA) is 87.4 Å². The molecule has 2 heterocycles. The first kappa shape index (κ1) is 12.3. The first-order valence-electron chi connectivity index (χ1n) is 5.87. The van der Waals surface area contributed by atoms with Gasteiger partial charge in [0.05, 0.1) is 23.4 Å². The van der Waals surface area contributed by atoms with E-state index in [-0.39, 0.29) is 6.04 Å². The number of nitrogens with one attached hydrogen (secondary N) is 1. The van der Waals surface area contributed by atoms with Crippen LogP contribution >= 0.6 is 0 Å². The Kier molecular flexibility index (Phi) is 3.18. The number of aliphatic imine (C=N–C) groups is 1. The van der Waals surface area contributed by atoms with Crippen molar-refractivity contribution in [1.29, 1.82) is 0 Å². The van der Waals surface area contributed by atoms with Crippen LogP contribution in [0, 0.1) is 0 Å². The lowest BCUT2D eigenvalue weighted by atomic mass is 9.99. The van der Waals surface area contributed by atoms with Crippen molar-refractivity contribution < 1.29 is 4.79 Å². The molecular weight excluding hydrogens is 230 g/mol. The standard InChI is InChI=1S/C12H17N5O/c1-4-9-10(11(13)18)7(2)17(3)12(16-9)8-5-14-15-6-8/h5-6,9H,4H2,1-3H3,(H2,13,18)(H,14,15). The molecule has 0 aromatic carbocycles. The molecule has 1 amide bonds. The number of amidine groups is 1. The van der Waals surface area contributed by atoms with Gasteiger partial charge >= 0.3 is 0 Å². The number of aromatic nitrogens is 2. The first-order valence-corrected chi connectivity index (χ1v) is 5.87.